The molecule has 0 radical (unpaired) electrons. The molecule has 3 aromatic rings. The van der Waals surface area contributed by atoms with Crippen LogP contribution < -0.4 is 10.1 Å². The van der Waals surface area contributed by atoms with E-state index < -0.39 is 11.0 Å². The Labute approximate surface area is 177 Å². The highest BCUT2D eigenvalue weighted by Crippen LogP contribution is 2.41. The third-order valence-electron chi connectivity index (χ3n) is 5.64. The molecule has 9 nitrogen and oxygen atoms in total. The number of carbonyl (C=O) groups is 1. The minimum atomic E-state index is -0.444. The number of nitro benzene ring substituents is 1. The first-order valence-electron chi connectivity index (χ1n) is 9.94. The number of anilines is 1. The molecule has 0 saturated carbocycles. The Morgan fingerprint density at radius 3 is 2.55 bits per heavy atom. The number of fused-ring (bicyclic) bond motifs is 1. The van der Waals surface area contributed by atoms with Gasteiger partial charge in [0.15, 0.2) is 11.6 Å². The van der Waals surface area contributed by atoms with E-state index >= 15 is 0 Å². The van der Waals surface area contributed by atoms with Gasteiger partial charge in [-0.1, -0.05) is 12.1 Å². The van der Waals surface area contributed by atoms with Crippen molar-refractivity contribution in [1.29, 1.82) is 0 Å². The van der Waals surface area contributed by atoms with E-state index in [4.69, 9.17) is 4.74 Å². The molecule has 0 amide bonds. The van der Waals surface area contributed by atoms with E-state index in [1.807, 2.05) is 24.3 Å². The van der Waals surface area contributed by atoms with Crippen molar-refractivity contribution in [3.63, 3.8) is 0 Å². The van der Waals surface area contributed by atoms with Crippen molar-refractivity contribution in [2.75, 3.05) is 12.4 Å². The smallest absolute Gasteiger partial charge is 0.269 e. The molecule has 1 aromatic heterocycles. The van der Waals surface area contributed by atoms with E-state index in [1.54, 1.807) is 23.9 Å². The summed E-state index contributed by atoms with van der Waals surface area (Å²) in [7, 11) is 1.61. The Kier molecular flexibility index (Phi) is 4.50. The third kappa shape index (κ3) is 3.24. The lowest BCUT2D eigenvalue weighted by Gasteiger charge is -2.32. The summed E-state index contributed by atoms with van der Waals surface area (Å²) in [6.07, 6.45) is 2.07. The van der Waals surface area contributed by atoms with Gasteiger partial charge in [0.05, 0.1) is 12.0 Å². The molecule has 2 aliphatic rings. The minimum absolute atomic E-state index is 0.00434. The second-order valence-corrected chi connectivity index (χ2v) is 7.48. The van der Waals surface area contributed by atoms with Gasteiger partial charge < -0.3 is 10.1 Å². The maximum absolute atomic E-state index is 12.9. The Bertz CT molecular complexity index is 1210. The summed E-state index contributed by atoms with van der Waals surface area (Å²) in [6, 6.07) is 13.3. The topological polar surface area (TPSA) is 112 Å². The van der Waals surface area contributed by atoms with Crippen LogP contribution in [0.2, 0.25) is 0 Å². The first-order chi connectivity index (χ1) is 15.0. The fourth-order valence-electron chi connectivity index (χ4n) is 4.11. The molecule has 0 bridgehead atoms. The summed E-state index contributed by atoms with van der Waals surface area (Å²) in [6.45, 7) is 0. The van der Waals surface area contributed by atoms with Crippen molar-refractivity contribution >= 4 is 17.4 Å². The fourth-order valence-corrected chi connectivity index (χ4v) is 4.11. The number of nitrogens with one attached hydrogen (secondary N) is 1. The highest BCUT2D eigenvalue weighted by Gasteiger charge is 2.36. The predicted octanol–water partition coefficient (Wildman–Crippen LogP) is 3.88. The maximum Gasteiger partial charge on any atom is 0.269 e. The zero-order valence-electron chi connectivity index (χ0n) is 16.7. The number of non-ortho nitro benzene ring substituents is 1. The lowest BCUT2D eigenvalue weighted by Crippen LogP contribution is -2.31. The summed E-state index contributed by atoms with van der Waals surface area (Å²) in [5, 5.41) is 18.9. The van der Waals surface area contributed by atoms with E-state index in [0.717, 1.165) is 29.9 Å². The molecule has 156 valence electrons. The normalized spacial score (nSPS) is 17.6. The average Bonchev–Trinajstić information content (AvgIpc) is 3.22. The molecule has 31 heavy (non-hydrogen) atoms. The summed E-state index contributed by atoms with van der Waals surface area (Å²) in [5.41, 5.74) is 3.17. The van der Waals surface area contributed by atoms with Gasteiger partial charge in [0.25, 0.3) is 5.69 Å². The van der Waals surface area contributed by atoms with Crippen LogP contribution in [0.4, 0.5) is 11.6 Å². The molecule has 1 aliphatic carbocycles. The van der Waals surface area contributed by atoms with Crippen molar-refractivity contribution in [3.05, 3.63) is 75.5 Å². The van der Waals surface area contributed by atoms with Crippen LogP contribution in [0.15, 0.2) is 59.8 Å². The molecule has 1 unspecified atom stereocenters. The molecule has 2 heterocycles. The number of ketones is 1. The third-order valence-corrected chi connectivity index (χ3v) is 5.64. The number of nitro groups is 1. The number of aromatic nitrogens is 3. The first kappa shape index (κ1) is 19.0. The number of methoxy groups -OCH3 is 1. The van der Waals surface area contributed by atoms with Gasteiger partial charge in [-0.3, -0.25) is 14.9 Å². The molecule has 1 N–H and O–H groups in total. The molecule has 1 atom stereocenters. The summed E-state index contributed by atoms with van der Waals surface area (Å²) in [5.74, 6) is 1.81. The van der Waals surface area contributed by atoms with Crippen LogP contribution in [0.3, 0.4) is 0 Å². The Morgan fingerprint density at radius 2 is 1.87 bits per heavy atom. The van der Waals surface area contributed by atoms with Crippen LogP contribution in [0, 0.1) is 10.1 Å². The van der Waals surface area contributed by atoms with Crippen LogP contribution in [0.1, 0.15) is 30.9 Å². The summed E-state index contributed by atoms with van der Waals surface area (Å²) in [4.78, 5) is 28.0. The zero-order chi connectivity index (χ0) is 21.5. The second-order valence-electron chi connectivity index (χ2n) is 7.48. The SMILES string of the molecule is COc1ccc(C2C3=C(CCCC3=O)Nc3nc(-c4ccc([N+](=O)[O-])cc4)nn32)cc1. The van der Waals surface area contributed by atoms with Gasteiger partial charge in [-0.15, -0.1) is 5.10 Å². The monoisotopic (exact) mass is 417 g/mol. The molecule has 9 heteroatoms. The van der Waals surface area contributed by atoms with Crippen molar-refractivity contribution in [1.82, 2.24) is 14.8 Å². The fraction of sp³-hybridized carbons (Fsp3) is 0.227. The first-order valence-corrected chi connectivity index (χ1v) is 9.94. The Hall–Kier alpha value is -4.01. The number of allylic oxidation sites excluding steroid dienone is 2. The number of ether oxygens (including phenoxy) is 1. The number of carbonyl (C=O) groups excluding carboxylic acids is 1. The summed E-state index contributed by atoms with van der Waals surface area (Å²) < 4.78 is 6.99. The number of hydrogen-bond donors (Lipinski definition) is 1. The highest BCUT2D eigenvalue weighted by atomic mass is 16.6. The number of hydrogen-bond acceptors (Lipinski definition) is 7. The van der Waals surface area contributed by atoms with Crippen LogP contribution in [-0.4, -0.2) is 32.6 Å². The lowest BCUT2D eigenvalue weighted by molar-refractivity contribution is -0.384. The largest absolute Gasteiger partial charge is 0.497 e. The minimum Gasteiger partial charge on any atom is -0.497 e. The summed E-state index contributed by atoms with van der Waals surface area (Å²) >= 11 is 0. The number of Topliss-reactive ketones (excluding diaryl/α,β-unsaturated/α-hetero) is 1. The molecule has 5 rings (SSSR count). The molecular weight excluding hydrogens is 398 g/mol. The van der Waals surface area contributed by atoms with Gasteiger partial charge in [0.2, 0.25) is 5.95 Å². The van der Waals surface area contributed by atoms with Crippen molar-refractivity contribution in [2.24, 2.45) is 0 Å². The van der Waals surface area contributed by atoms with Crippen molar-refractivity contribution < 1.29 is 14.5 Å². The van der Waals surface area contributed by atoms with Crippen LogP contribution >= 0.6 is 0 Å². The van der Waals surface area contributed by atoms with Gasteiger partial charge in [-0.05, 0) is 42.7 Å². The van der Waals surface area contributed by atoms with Crippen molar-refractivity contribution in [3.8, 4) is 17.1 Å². The van der Waals surface area contributed by atoms with Crippen molar-refractivity contribution in [2.45, 2.75) is 25.3 Å². The van der Waals surface area contributed by atoms with E-state index in [9.17, 15) is 14.9 Å². The van der Waals surface area contributed by atoms with Crippen LogP contribution in [-0.2, 0) is 4.79 Å². The molecule has 1 aliphatic heterocycles. The van der Waals surface area contributed by atoms with Gasteiger partial charge >= 0.3 is 0 Å². The highest BCUT2D eigenvalue weighted by molar-refractivity contribution is 5.99. The van der Waals surface area contributed by atoms with Gasteiger partial charge in [0.1, 0.15) is 11.8 Å². The van der Waals surface area contributed by atoms with E-state index in [2.05, 4.69) is 15.4 Å². The van der Waals surface area contributed by atoms with E-state index in [-0.39, 0.29) is 11.5 Å². The molecule has 0 spiro atoms. The zero-order valence-corrected chi connectivity index (χ0v) is 16.7. The molecular formula is C22H19N5O4. The number of rotatable bonds is 4. The second kappa shape index (κ2) is 7.35. The van der Waals surface area contributed by atoms with Gasteiger partial charge in [-0.25, -0.2) is 4.68 Å². The number of nitrogens with zero attached hydrogens (tertiary/aromatic N) is 4. The Balaban J connectivity index is 1.61. The molecule has 0 fully saturated rings. The molecule has 0 saturated heterocycles. The number of benzene rings is 2. The van der Waals surface area contributed by atoms with Gasteiger partial charge in [-0.2, -0.15) is 4.98 Å². The lowest BCUT2D eigenvalue weighted by atomic mass is 9.85. The average molecular weight is 417 g/mol. The van der Waals surface area contributed by atoms with E-state index in [0.29, 0.717) is 29.3 Å². The standard InChI is InChI=1S/C22H19N5O4/c1-31-16-11-7-13(8-12-16)20-19-17(3-2-4-18(19)28)23-22-24-21(25-26(20)22)14-5-9-15(10-6-14)27(29)30/h5-12,20H,2-4H2,1H3,(H,23,24,25). The van der Waals surface area contributed by atoms with Gasteiger partial charge in [0, 0.05) is 35.4 Å². The van der Waals surface area contributed by atoms with Crippen LogP contribution in [0.25, 0.3) is 11.4 Å². The van der Waals surface area contributed by atoms with Crippen LogP contribution in [0.5, 0.6) is 5.75 Å². The Morgan fingerprint density at radius 1 is 1.13 bits per heavy atom. The predicted molar refractivity (Wildman–Crippen MR) is 113 cm³/mol. The molecule has 2 aromatic carbocycles. The maximum atomic E-state index is 12.9. The van der Waals surface area contributed by atoms with E-state index in [1.165, 1.54) is 12.1 Å². The quantitative estimate of drug-likeness (QED) is 0.506.